The molecule has 0 spiro atoms. The molecule has 6 rings (SSSR count). The van der Waals surface area contributed by atoms with Crippen molar-refractivity contribution in [1.82, 2.24) is 45.7 Å². The number of carbonyl (C=O) groups excluding carboxylic acids is 4. The van der Waals surface area contributed by atoms with E-state index in [-0.39, 0.29) is 62.3 Å². The van der Waals surface area contributed by atoms with Gasteiger partial charge in [0.1, 0.15) is 30.3 Å². The maximum atomic E-state index is 14.9. The second kappa shape index (κ2) is 18.8. The summed E-state index contributed by atoms with van der Waals surface area (Å²) in [5.74, 6) is -2.98. The van der Waals surface area contributed by atoms with Crippen LogP contribution in [0.3, 0.4) is 0 Å². The summed E-state index contributed by atoms with van der Waals surface area (Å²) in [7, 11) is 0. The summed E-state index contributed by atoms with van der Waals surface area (Å²) in [6.07, 6.45) is 9.28. The zero-order valence-corrected chi connectivity index (χ0v) is 32.1. The lowest BCUT2D eigenvalue weighted by Gasteiger charge is -2.30. The number of hydrogen-bond acceptors (Lipinski definition) is 11. The van der Waals surface area contributed by atoms with Gasteiger partial charge in [0.05, 0.1) is 37.0 Å². The van der Waals surface area contributed by atoms with Crippen molar-refractivity contribution < 1.29 is 37.8 Å². The number of allylic oxidation sites excluding steroid dienone is 2. The Morgan fingerprint density at radius 1 is 1.18 bits per heavy atom. The maximum Gasteiger partial charge on any atom is 0.329 e. The van der Waals surface area contributed by atoms with Gasteiger partial charge in [-0.2, -0.15) is 5.10 Å². The molecule has 3 aromatic heterocycles. The van der Waals surface area contributed by atoms with Gasteiger partial charge >= 0.3 is 5.97 Å². The summed E-state index contributed by atoms with van der Waals surface area (Å²) < 4.78 is 28.0. The molecule has 3 amide bonds. The molecule has 1 aromatic carbocycles. The van der Waals surface area contributed by atoms with Gasteiger partial charge in [-0.15, -0.1) is 5.10 Å². The van der Waals surface area contributed by atoms with E-state index in [0.717, 1.165) is 22.7 Å². The van der Waals surface area contributed by atoms with Crippen molar-refractivity contribution in [2.45, 2.75) is 83.8 Å². The third kappa shape index (κ3) is 10.9. The number of ether oxygens (including phenoxy) is 1. The number of aliphatic hydroxyl groups is 1. The van der Waals surface area contributed by atoms with Gasteiger partial charge in [0.2, 0.25) is 11.8 Å². The molecule has 0 radical (unpaired) electrons. The first-order chi connectivity index (χ1) is 27.4. The number of halogens is 1. The van der Waals surface area contributed by atoms with E-state index in [1.807, 2.05) is 32.0 Å². The number of amides is 3. The minimum absolute atomic E-state index is 0.00611. The largest absolute Gasteiger partial charge is 0.460 e. The average Bonchev–Trinajstić information content (AvgIpc) is 4.01. The van der Waals surface area contributed by atoms with Crippen LogP contribution in [0.2, 0.25) is 0 Å². The predicted octanol–water partition coefficient (Wildman–Crippen LogP) is 3.62. The zero-order chi connectivity index (χ0) is 40.5. The molecule has 4 aromatic rings. The number of hydrogen-bond donors (Lipinski definition) is 4. The van der Waals surface area contributed by atoms with Crippen molar-refractivity contribution in [1.29, 1.82) is 0 Å². The monoisotopic (exact) mass is 785 g/mol. The number of carbonyl (C=O) groups is 4. The predicted molar refractivity (Wildman–Crippen MR) is 206 cm³/mol. The number of rotatable bonds is 7. The second-order valence-electron chi connectivity index (χ2n) is 14.7. The molecule has 5 unspecified atom stereocenters. The van der Waals surface area contributed by atoms with Crippen LogP contribution in [0.15, 0.2) is 77.2 Å². The first-order valence-electron chi connectivity index (χ1n) is 19.1. The number of fused-ring (bicyclic) bond motifs is 4. The minimum Gasteiger partial charge on any atom is -0.460 e. The molecule has 2 aliphatic heterocycles. The molecular formula is C40H48FN9O7. The number of aromatic nitrogens is 6. The molecule has 16 nitrogen and oxygen atoms in total. The van der Waals surface area contributed by atoms with E-state index in [2.05, 4.69) is 36.1 Å². The van der Waals surface area contributed by atoms with Crippen molar-refractivity contribution in [2.75, 3.05) is 19.6 Å². The van der Waals surface area contributed by atoms with E-state index < -0.39 is 48.1 Å². The molecule has 4 N–H and O–H groups in total. The highest BCUT2D eigenvalue weighted by atomic mass is 19.1. The highest BCUT2D eigenvalue weighted by Gasteiger charge is 2.39. The molecule has 5 atom stereocenters. The SMILES string of the molecule is CC1=CC(O)CC(F)Cc2nc(co2)C(=O)N2CCCC2C(=O)OC(C(C)C)C(CC(=O)NCCn2cc(-c3ccc4cn[nH]c4c3)nn2)/C=C/C(=O)NCC=C1. The van der Waals surface area contributed by atoms with Crippen LogP contribution in [-0.2, 0) is 32.1 Å². The molecule has 1 fully saturated rings. The number of aromatic amines is 1. The second-order valence-corrected chi connectivity index (χ2v) is 14.7. The fourth-order valence-electron chi connectivity index (χ4n) is 7.00. The van der Waals surface area contributed by atoms with E-state index in [1.165, 1.54) is 17.1 Å². The number of cyclic esters (lactones) is 1. The lowest BCUT2D eigenvalue weighted by Crippen LogP contribution is -2.44. The molecule has 57 heavy (non-hydrogen) atoms. The smallest absolute Gasteiger partial charge is 0.329 e. The Bertz CT molecular complexity index is 2140. The van der Waals surface area contributed by atoms with Crippen LogP contribution in [0.4, 0.5) is 4.39 Å². The summed E-state index contributed by atoms with van der Waals surface area (Å²) in [6, 6.07) is 4.88. The number of nitrogens with one attached hydrogen (secondary N) is 3. The summed E-state index contributed by atoms with van der Waals surface area (Å²) in [6.45, 7) is 6.43. The lowest BCUT2D eigenvalue weighted by molar-refractivity contribution is -0.159. The van der Waals surface area contributed by atoms with Gasteiger partial charge < -0.3 is 29.8 Å². The molecule has 5 heterocycles. The molecule has 0 aliphatic carbocycles. The first-order valence-corrected chi connectivity index (χ1v) is 19.1. The van der Waals surface area contributed by atoms with E-state index in [9.17, 15) is 28.7 Å². The summed E-state index contributed by atoms with van der Waals surface area (Å²) in [5.41, 5.74) is 2.99. The van der Waals surface area contributed by atoms with Crippen LogP contribution in [-0.4, -0.2) is 108 Å². The van der Waals surface area contributed by atoms with Crippen LogP contribution in [0.5, 0.6) is 0 Å². The van der Waals surface area contributed by atoms with Crippen LogP contribution in [0.25, 0.3) is 22.2 Å². The topological polar surface area (TPSA) is 210 Å². The number of esters is 1. The Hall–Kier alpha value is -5.97. The van der Waals surface area contributed by atoms with E-state index in [0.29, 0.717) is 30.7 Å². The van der Waals surface area contributed by atoms with E-state index in [4.69, 9.17) is 9.15 Å². The van der Waals surface area contributed by atoms with Crippen LogP contribution in [0.1, 0.15) is 62.8 Å². The number of nitrogens with zero attached hydrogens (tertiary/aromatic N) is 6. The normalized spacial score (nSPS) is 23.5. The van der Waals surface area contributed by atoms with Crippen LogP contribution < -0.4 is 10.6 Å². The van der Waals surface area contributed by atoms with Crippen molar-refractivity contribution in [3.8, 4) is 11.3 Å². The number of H-pyrrole nitrogens is 1. The number of aliphatic hydroxyl groups excluding tert-OH is 1. The highest BCUT2D eigenvalue weighted by molar-refractivity contribution is 5.95. The summed E-state index contributed by atoms with van der Waals surface area (Å²) >= 11 is 0. The minimum atomic E-state index is -1.50. The van der Waals surface area contributed by atoms with Gasteiger partial charge in [0.25, 0.3) is 5.91 Å². The van der Waals surface area contributed by atoms with Gasteiger partial charge in [-0.05, 0) is 37.8 Å². The van der Waals surface area contributed by atoms with Gasteiger partial charge in [-0.3, -0.25) is 24.2 Å². The summed E-state index contributed by atoms with van der Waals surface area (Å²) in [5, 5.41) is 32.5. The van der Waals surface area contributed by atoms with E-state index >= 15 is 0 Å². The first kappa shape index (κ1) is 40.7. The zero-order valence-electron chi connectivity index (χ0n) is 32.1. The number of alkyl halides is 1. The van der Waals surface area contributed by atoms with E-state index in [1.54, 1.807) is 42.2 Å². The Kier molecular flexibility index (Phi) is 13.4. The third-order valence-electron chi connectivity index (χ3n) is 9.87. The van der Waals surface area contributed by atoms with Gasteiger partial charge in [0.15, 0.2) is 11.6 Å². The molecule has 302 valence electrons. The van der Waals surface area contributed by atoms with Crippen molar-refractivity contribution in [2.24, 2.45) is 11.8 Å². The average molecular weight is 786 g/mol. The third-order valence-corrected chi connectivity index (χ3v) is 9.87. The molecular weight excluding hydrogens is 737 g/mol. The Morgan fingerprint density at radius 3 is 2.84 bits per heavy atom. The van der Waals surface area contributed by atoms with Gasteiger partial charge in [0, 0.05) is 49.3 Å². The fraction of sp³-hybridized carbons (Fsp3) is 0.450. The van der Waals surface area contributed by atoms with Crippen molar-refractivity contribution in [3.05, 3.63) is 84.4 Å². The molecule has 1 saturated heterocycles. The Morgan fingerprint density at radius 2 is 2.02 bits per heavy atom. The van der Waals surface area contributed by atoms with Gasteiger partial charge in [-0.25, -0.2) is 14.2 Å². The quantitative estimate of drug-likeness (QED) is 0.199. The molecule has 17 heteroatoms. The fourth-order valence-corrected chi connectivity index (χ4v) is 7.00. The molecule has 0 saturated carbocycles. The van der Waals surface area contributed by atoms with Crippen molar-refractivity contribution >= 4 is 34.6 Å². The standard InChI is InChI=1S/C40H48FN9O7/c1-24(2)38-27(18-36(53)43-13-15-49-22-32(47-48-49)26-8-9-28-21-44-46-31(28)17-26)10-11-35(52)42-12-4-6-25(3)16-30(51)19-29(41)20-37-45-33(23-56-37)39(54)50-14-5-7-34(50)40(55)57-38/h4,6,8-11,16-17,21-24,27,29-30,34,38,51H,5,7,12-15,18-20H2,1-3H3,(H,42,52)(H,43,53)(H,44,46)/b6-4?,11-10+,25-16?. The Balaban J connectivity index is 1.16. The highest BCUT2D eigenvalue weighted by Crippen LogP contribution is 2.27. The Labute approximate surface area is 328 Å². The summed E-state index contributed by atoms with van der Waals surface area (Å²) in [4.78, 5) is 59.2. The molecule has 2 aliphatic rings. The lowest BCUT2D eigenvalue weighted by atomic mass is 9.89. The number of benzene rings is 1. The maximum absolute atomic E-state index is 14.9. The number of oxazole rings is 1. The van der Waals surface area contributed by atoms with Crippen molar-refractivity contribution in [3.63, 3.8) is 0 Å². The van der Waals surface area contributed by atoms with Crippen LogP contribution in [0, 0.1) is 11.8 Å². The molecule has 2 bridgehead atoms. The van der Waals surface area contributed by atoms with Gasteiger partial charge in [-0.1, -0.05) is 61.1 Å². The van der Waals surface area contributed by atoms with Crippen LogP contribution >= 0.6 is 0 Å².